The van der Waals surface area contributed by atoms with Crippen LogP contribution in [0.1, 0.15) is 0 Å². The standard InChI is InChI=1S/C4H5ClN2S/c1-8-4-6-2-3-7(4)5/h2-3H,1H3. The van der Waals surface area contributed by atoms with Crippen molar-refractivity contribution in [2.24, 2.45) is 0 Å². The average molecular weight is 149 g/mol. The second-order valence-corrected chi connectivity index (χ2v) is 2.36. The van der Waals surface area contributed by atoms with Crippen LogP contribution in [0.5, 0.6) is 0 Å². The Morgan fingerprint density at radius 1 is 1.88 bits per heavy atom. The Bertz CT molecular complexity index is 174. The monoisotopic (exact) mass is 148 g/mol. The maximum absolute atomic E-state index is 5.57. The number of halogens is 1. The second-order valence-electron chi connectivity index (χ2n) is 1.23. The van der Waals surface area contributed by atoms with Crippen LogP contribution >= 0.6 is 23.5 Å². The summed E-state index contributed by atoms with van der Waals surface area (Å²) in [5, 5.41) is 0.826. The van der Waals surface area contributed by atoms with E-state index in [4.69, 9.17) is 11.8 Å². The lowest BCUT2D eigenvalue weighted by atomic mass is 11.0. The Balaban J connectivity index is 2.92. The molecule has 0 aliphatic carbocycles. The molecular formula is C4H5ClN2S. The third kappa shape index (κ3) is 0.980. The maximum atomic E-state index is 5.57. The van der Waals surface area contributed by atoms with E-state index in [1.165, 1.54) is 15.8 Å². The number of nitrogens with zero attached hydrogens (tertiary/aromatic N) is 2. The van der Waals surface area contributed by atoms with E-state index >= 15 is 0 Å². The SMILES string of the molecule is CSc1nccn1Cl. The fraction of sp³-hybridized carbons (Fsp3) is 0.250. The van der Waals surface area contributed by atoms with Crippen LogP contribution in [0.4, 0.5) is 0 Å². The molecule has 1 heterocycles. The van der Waals surface area contributed by atoms with Crippen molar-refractivity contribution in [2.45, 2.75) is 5.16 Å². The van der Waals surface area contributed by atoms with Gasteiger partial charge in [-0.05, 0) is 6.26 Å². The molecule has 1 aromatic rings. The van der Waals surface area contributed by atoms with E-state index in [2.05, 4.69) is 4.98 Å². The van der Waals surface area contributed by atoms with Crippen molar-refractivity contribution in [1.29, 1.82) is 0 Å². The summed E-state index contributed by atoms with van der Waals surface area (Å²) < 4.78 is 1.46. The lowest BCUT2D eigenvalue weighted by Gasteiger charge is -1.88. The van der Waals surface area contributed by atoms with Crippen molar-refractivity contribution in [3.8, 4) is 0 Å². The van der Waals surface area contributed by atoms with Gasteiger partial charge in [-0.3, -0.25) is 0 Å². The molecule has 0 saturated heterocycles. The van der Waals surface area contributed by atoms with E-state index < -0.39 is 0 Å². The Hall–Kier alpha value is -0.150. The minimum atomic E-state index is 0.826. The minimum Gasteiger partial charge on any atom is -0.236 e. The first-order valence-corrected chi connectivity index (χ1v) is 3.64. The molecule has 0 spiro atoms. The number of rotatable bonds is 1. The number of hydrogen-bond acceptors (Lipinski definition) is 2. The van der Waals surface area contributed by atoms with E-state index in [0.29, 0.717) is 0 Å². The van der Waals surface area contributed by atoms with Gasteiger partial charge in [0.15, 0.2) is 5.16 Å². The van der Waals surface area contributed by atoms with Crippen molar-refractivity contribution < 1.29 is 0 Å². The Labute approximate surface area is 57.0 Å². The summed E-state index contributed by atoms with van der Waals surface area (Å²) in [5.74, 6) is 0. The summed E-state index contributed by atoms with van der Waals surface area (Å²) in [4.78, 5) is 3.93. The molecule has 0 saturated carbocycles. The first kappa shape index (κ1) is 5.98. The van der Waals surface area contributed by atoms with Crippen LogP contribution < -0.4 is 0 Å². The van der Waals surface area contributed by atoms with E-state index in [-0.39, 0.29) is 0 Å². The van der Waals surface area contributed by atoms with Crippen LogP contribution in [0.3, 0.4) is 0 Å². The first-order valence-electron chi connectivity index (χ1n) is 2.08. The normalized spacial score (nSPS) is 9.75. The molecule has 0 radical (unpaired) electrons. The highest BCUT2D eigenvalue weighted by Crippen LogP contribution is 2.11. The van der Waals surface area contributed by atoms with Crippen LogP contribution in [0.15, 0.2) is 17.6 Å². The highest BCUT2D eigenvalue weighted by molar-refractivity contribution is 7.98. The van der Waals surface area contributed by atoms with Gasteiger partial charge < -0.3 is 0 Å². The lowest BCUT2D eigenvalue weighted by molar-refractivity contribution is 0.994. The van der Waals surface area contributed by atoms with E-state index in [0.717, 1.165) is 5.16 Å². The molecule has 0 atom stereocenters. The molecule has 0 amide bonds. The van der Waals surface area contributed by atoms with E-state index in [1.54, 1.807) is 12.4 Å². The average Bonchev–Trinajstić information content (AvgIpc) is 2.14. The van der Waals surface area contributed by atoms with Crippen molar-refractivity contribution >= 4 is 23.5 Å². The second kappa shape index (κ2) is 2.42. The van der Waals surface area contributed by atoms with Crippen LogP contribution in [-0.4, -0.2) is 15.3 Å². The van der Waals surface area contributed by atoms with Gasteiger partial charge in [-0.15, -0.1) is 0 Å². The fourth-order valence-electron chi connectivity index (χ4n) is 0.414. The number of aromatic nitrogens is 2. The van der Waals surface area contributed by atoms with Gasteiger partial charge in [-0.1, -0.05) is 11.8 Å². The van der Waals surface area contributed by atoms with E-state index in [9.17, 15) is 0 Å². The quantitative estimate of drug-likeness (QED) is 0.564. The molecule has 0 bridgehead atoms. The highest BCUT2D eigenvalue weighted by Gasteiger charge is 1.93. The summed E-state index contributed by atoms with van der Waals surface area (Å²) in [6, 6.07) is 0. The fourth-order valence-corrected chi connectivity index (χ4v) is 1.12. The van der Waals surface area contributed by atoms with Crippen LogP contribution in [0, 0.1) is 0 Å². The predicted molar refractivity (Wildman–Crippen MR) is 35.3 cm³/mol. The van der Waals surface area contributed by atoms with E-state index in [1.807, 2.05) is 6.26 Å². The molecule has 0 aliphatic rings. The summed E-state index contributed by atoms with van der Waals surface area (Å²) in [5.41, 5.74) is 0. The number of thioether (sulfide) groups is 1. The summed E-state index contributed by atoms with van der Waals surface area (Å²) in [6.45, 7) is 0. The molecule has 4 heteroatoms. The largest absolute Gasteiger partial charge is 0.236 e. The smallest absolute Gasteiger partial charge is 0.182 e. The Morgan fingerprint density at radius 2 is 2.62 bits per heavy atom. The van der Waals surface area contributed by atoms with Gasteiger partial charge in [0, 0.05) is 24.2 Å². The molecule has 8 heavy (non-hydrogen) atoms. The Morgan fingerprint density at radius 3 is 2.88 bits per heavy atom. The zero-order chi connectivity index (χ0) is 5.98. The zero-order valence-corrected chi connectivity index (χ0v) is 5.91. The molecule has 0 aromatic carbocycles. The van der Waals surface area contributed by atoms with Gasteiger partial charge in [0.2, 0.25) is 0 Å². The van der Waals surface area contributed by atoms with Gasteiger partial charge in [0.1, 0.15) is 0 Å². The van der Waals surface area contributed by atoms with Crippen LogP contribution in [-0.2, 0) is 0 Å². The summed E-state index contributed by atoms with van der Waals surface area (Å²) in [6.07, 6.45) is 5.30. The maximum Gasteiger partial charge on any atom is 0.182 e. The van der Waals surface area contributed by atoms with Gasteiger partial charge in [0.05, 0.1) is 0 Å². The lowest BCUT2D eigenvalue weighted by Crippen LogP contribution is -1.78. The van der Waals surface area contributed by atoms with Crippen molar-refractivity contribution in [2.75, 3.05) is 6.26 Å². The molecule has 0 fully saturated rings. The number of imidazole rings is 1. The van der Waals surface area contributed by atoms with Gasteiger partial charge in [0.25, 0.3) is 0 Å². The van der Waals surface area contributed by atoms with Crippen LogP contribution in [0.2, 0.25) is 0 Å². The topological polar surface area (TPSA) is 17.8 Å². The predicted octanol–water partition coefficient (Wildman–Crippen LogP) is 1.61. The zero-order valence-electron chi connectivity index (χ0n) is 4.34. The van der Waals surface area contributed by atoms with Gasteiger partial charge in [-0.2, -0.15) is 0 Å². The summed E-state index contributed by atoms with van der Waals surface area (Å²) in [7, 11) is 0. The minimum absolute atomic E-state index is 0.826. The highest BCUT2D eigenvalue weighted by atomic mass is 35.5. The molecule has 2 nitrogen and oxygen atoms in total. The van der Waals surface area contributed by atoms with Gasteiger partial charge in [-0.25, -0.2) is 9.07 Å². The van der Waals surface area contributed by atoms with Crippen molar-refractivity contribution in [3.63, 3.8) is 0 Å². The van der Waals surface area contributed by atoms with Crippen molar-refractivity contribution in [1.82, 2.24) is 9.07 Å². The third-order valence-electron chi connectivity index (χ3n) is 0.748. The molecule has 0 unspecified atom stereocenters. The Kier molecular flexibility index (Phi) is 1.81. The molecule has 0 N–H and O–H groups in total. The first-order chi connectivity index (χ1) is 3.84. The molecule has 0 aliphatic heterocycles. The molecule has 1 aromatic heterocycles. The van der Waals surface area contributed by atoms with Crippen molar-refractivity contribution in [3.05, 3.63) is 12.4 Å². The summed E-state index contributed by atoms with van der Waals surface area (Å²) >= 11 is 7.10. The number of hydrogen-bond donors (Lipinski definition) is 0. The molecular weight excluding hydrogens is 144 g/mol. The molecule has 44 valence electrons. The third-order valence-corrected chi connectivity index (χ3v) is 1.79. The van der Waals surface area contributed by atoms with Gasteiger partial charge >= 0.3 is 0 Å². The van der Waals surface area contributed by atoms with Crippen LogP contribution in [0.25, 0.3) is 0 Å². The molecule has 1 rings (SSSR count).